The third-order valence-corrected chi connectivity index (χ3v) is 6.19. The predicted molar refractivity (Wildman–Crippen MR) is 122 cm³/mol. The normalized spacial score (nSPS) is 16.7. The molecule has 0 saturated carbocycles. The van der Waals surface area contributed by atoms with Crippen LogP contribution in [-0.2, 0) is 38.0 Å². The lowest BCUT2D eigenvalue weighted by Crippen LogP contribution is -2.39. The fourth-order valence-electron chi connectivity index (χ4n) is 4.21. The number of anilines is 1. The maximum Gasteiger partial charge on any atom is 0.410 e. The fourth-order valence-corrected chi connectivity index (χ4v) is 5.04. The number of fused-ring (bicyclic) bond motifs is 2. The molecule has 3 rings (SSSR count). The lowest BCUT2D eigenvalue weighted by Gasteiger charge is -2.33. The van der Waals surface area contributed by atoms with Gasteiger partial charge in [-0.05, 0) is 68.7 Å². The standard InChI is InChI=1S/C22H31IN2O4/c1-22(2,3)29-21(27)24-10-7-15-12-16-6-5-9-25(19(26)14-28-4)20(16)18(13-23)17(15)8-11-24/h12H,5-11,13-14H2,1-4H3. The van der Waals surface area contributed by atoms with Crippen LogP contribution < -0.4 is 4.90 Å². The van der Waals surface area contributed by atoms with Gasteiger partial charge in [0.1, 0.15) is 12.2 Å². The number of nitrogens with zero attached hydrogens (tertiary/aromatic N) is 2. The molecule has 0 aromatic heterocycles. The van der Waals surface area contributed by atoms with Gasteiger partial charge in [0.2, 0.25) is 0 Å². The van der Waals surface area contributed by atoms with Crippen molar-refractivity contribution in [3.8, 4) is 0 Å². The Hall–Kier alpha value is -1.35. The maximum absolute atomic E-state index is 12.7. The van der Waals surface area contributed by atoms with Gasteiger partial charge >= 0.3 is 6.09 Å². The molecule has 2 aliphatic heterocycles. The maximum atomic E-state index is 12.7. The number of rotatable bonds is 3. The molecule has 7 heteroatoms. The summed E-state index contributed by atoms with van der Waals surface area (Å²) in [6.07, 6.45) is 3.30. The summed E-state index contributed by atoms with van der Waals surface area (Å²) < 4.78 is 11.5. The van der Waals surface area contributed by atoms with Gasteiger partial charge in [-0.2, -0.15) is 0 Å². The van der Waals surface area contributed by atoms with Crippen LogP contribution in [0.1, 0.15) is 49.4 Å². The van der Waals surface area contributed by atoms with Gasteiger partial charge in [0.15, 0.2) is 0 Å². The SMILES string of the molecule is COCC(=O)N1CCCc2cc3c(c(CI)c21)CCN(C(=O)OC(C)(C)C)CC3. The summed E-state index contributed by atoms with van der Waals surface area (Å²) in [5.41, 5.74) is 5.68. The average Bonchev–Trinajstić information content (AvgIpc) is 2.87. The number of aryl methyl sites for hydroxylation is 1. The number of ether oxygens (including phenoxy) is 2. The van der Waals surface area contributed by atoms with Crippen molar-refractivity contribution in [2.45, 2.75) is 56.5 Å². The Morgan fingerprint density at radius 3 is 2.48 bits per heavy atom. The number of hydrogen-bond acceptors (Lipinski definition) is 4. The van der Waals surface area contributed by atoms with E-state index in [-0.39, 0.29) is 18.6 Å². The third-order valence-electron chi connectivity index (χ3n) is 5.43. The number of halogens is 1. The monoisotopic (exact) mass is 514 g/mol. The number of methoxy groups -OCH3 is 1. The Kier molecular flexibility index (Phi) is 7.09. The summed E-state index contributed by atoms with van der Waals surface area (Å²) in [6, 6.07) is 2.27. The molecule has 0 unspecified atom stereocenters. The highest BCUT2D eigenvalue weighted by atomic mass is 127. The summed E-state index contributed by atoms with van der Waals surface area (Å²) >= 11 is 2.39. The Balaban J connectivity index is 1.92. The van der Waals surface area contributed by atoms with Gasteiger partial charge in [0.05, 0.1) is 5.69 Å². The van der Waals surface area contributed by atoms with E-state index in [2.05, 4.69) is 28.7 Å². The molecule has 2 aliphatic rings. The molecule has 29 heavy (non-hydrogen) atoms. The first-order valence-corrected chi connectivity index (χ1v) is 11.8. The molecule has 0 bridgehead atoms. The molecule has 0 N–H and O–H groups in total. The van der Waals surface area contributed by atoms with E-state index >= 15 is 0 Å². The lowest BCUT2D eigenvalue weighted by atomic mass is 9.89. The third kappa shape index (κ3) is 5.05. The van der Waals surface area contributed by atoms with E-state index in [0.717, 1.165) is 42.3 Å². The second-order valence-electron chi connectivity index (χ2n) is 8.68. The molecule has 2 amide bonds. The van der Waals surface area contributed by atoms with Crippen molar-refractivity contribution in [3.05, 3.63) is 28.3 Å². The number of alkyl halides is 1. The van der Waals surface area contributed by atoms with E-state index in [1.54, 1.807) is 7.11 Å². The second kappa shape index (κ2) is 9.20. The summed E-state index contributed by atoms with van der Waals surface area (Å²) in [6.45, 7) is 7.82. The number of carbonyl (C=O) groups excluding carboxylic acids is 2. The van der Waals surface area contributed by atoms with Crippen LogP contribution in [0.25, 0.3) is 0 Å². The van der Waals surface area contributed by atoms with Crippen LogP contribution >= 0.6 is 22.6 Å². The molecule has 0 fully saturated rings. The number of amides is 2. The smallest absolute Gasteiger partial charge is 0.410 e. The zero-order valence-electron chi connectivity index (χ0n) is 17.8. The van der Waals surface area contributed by atoms with Crippen molar-refractivity contribution in [2.24, 2.45) is 0 Å². The zero-order chi connectivity index (χ0) is 21.2. The Morgan fingerprint density at radius 1 is 1.10 bits per heavy atom. The van der Waals surface area contributed by atoms with Crippen LogP contribution in [0.2, 0.25) is 0 Å². The average molecular weight is 514 g/mol. The molecular formula is C22H31IN2O4. The van der Waals surface area contributed by atoms with E-state index in [1.807, 2.05) is 30.6 Å². The largest absolute Gasteiger partial charge is 0.444 e. The van der Waals surface area contributed by atoms with Crippen molar-refractivity contribution in [1.82, 2.24) is 4.90 Å². The van der Waals surface area contributed by atoms with Crippen molar-refractivity contribution in [1.29, 1.82) is 0 Å². The first-order valence-electron chi connectivity index (χ1n) is 10.2. The molecule has 2 heterocycles. The molecular weight excluding hydrogens is 483 g/mol. The predicted octanol–water partition coefficient (Wildman–Crippen LogP) is 3.88. The lowest BCUT2D eigenvalue weighted by molar-refractivity contribution is -0.122. The molecule has 0 radical (unpaired) electrons. The minimum Gasteiger partial charge on any atom is -0.444 e. The van der Waals surface area contributed by atoms with E-state index < -0.39 is 5.60 Å². The van der Waals surface area contributed by atoms with Crippen molar-refractivity contribution >= 4 is 40.3 Å². The summed E-state index contributed by atoms with van der Waals surface area (Å²) in [5.74, 6) is 0.0171. The molecule has 6 nitrogen and oxygen atoms in total. The number of benzene rings is 1. The molecule has 1 aromatic carbocycles. The zero-order valence-corrected chi connectivity index (χ0v) is 20.0. The van der Waals surface area contributed by atoms with E-state index in [0.29, 0.717) is 13.1 Å². The van der Waals surface area contributed by atoms with E-state index in [9.17, 15) is 9.59 Å². The van der Waals surface area contributed by atoms with Gasteiger partial charge in [-0.15, -0.1) is 0 Å². The number of hydrogen-bond donors (Lipinski definition) is 0. The molecule has 0 spiro atoms. The van der Waals surface area contributed by atoms with E-state index in [1.165, 1.54) is 22.3 Å². The first-order chi connectivity index (χ1) is 13.7. The van der Waals surface area contributed by atoms with Crippen LogP contribution in [0.3, 0.4) is 0 Å². The fraction of sp³-hybridized carbons (Fsp3) is 0.636. The molecule has 0 atom stereocenters. The van der Waals surface area contributed by atoms with Crippen LogP contribution in [-0.4, -0.2) is 55.9 Å². The molecule has 0 aliphatic carbocycles. The van der Waals surface area contributed by atoms with Crippen LogP contribution in [0.15, 0.2) is 6.07 Å². The quantitative estimate of drug-likeness (QED) is 0.454. The topological polar surface area (TPSA) is 59.1 Å². The second-order valence-corrected chi connectivity index (χ2v) is 9.45. The highest BCUT2D eigenvalue weighted by Gasteiger charge is 2.30. The first kappa shape index (κ1) is 22.3. The van der Waals surface area contributed by atoms with Gasteiger partial charge in [0.25, 0.3) is 5.91 Å². The molecule has 160 valence electrons. The minimum absolute atomic E-state index is 0.0171. The van der Waals surface area contributed by atoms with Gasteiger partial charge in [-0.1, -0.05) is 28.7 Å². The summed E-state index contributed by atoms with van der Waals surface area (Å²) in [4.78, 5) is 29.0. The van der Waals surface area contributed by atoms with Crippen molar-refractivity contribution < 1.29 is 19.1 Å². The van der Waals surface area contributed by atoms with E-state index in [4.69, 9.17) is 9.47 Å². The minimum atomic E-state index is -0.495. The van der Waals surface area contributed by atoms with Gasteiger partial charge in [0, 0.05) is 31.2 Å². The molecule has 0 saturated heterocycles. The van der Waals surface area contributed by atoms with Crippen LogP contribution in [0, 0.1) is 0 Å². The summed E-state index contributed by atoms with van der Waals surface area (Å²) in [7, 11) is 1.56. The highest BCUT2D eigenvalue weighted by Crippen LogP contribution is 2.38. The summed E-state index contributed by atoms with van der Waals surface area (Å²) in [5, 5.41) is 0. The van der Waals surface area contributed by atoms with Crippen molar-refractivity contribution in [3.63, 3.8) is 0 Å². The van der Waals surface area contributed by atoms with Gasteiger partial charge in [-0.25, -0.2) is 4.79 Å². The Bertz CT molecular complexity index is 788. The van der Waals surface area contributed by atoms with Crippen LogP contribution in [0.5, 0.6) is 0 Å². The highest BCUT2D eigenvalue weighted by molar-refractivity contribution is 14.1. The van der Waals surface area contributed by atoms with Crippen molar-refractivity contribution in [2.75, 3.05) is 38.3 Å². The number of carbonyl (C=O) groups is 2. The van der Waals surface area contributed by atoms with Crippen LogP contribution in [0.4, 0.5) is 10.5 Å². The Morgan fingerprint density at radius 2 is 1.83 bits per heavy atom. The van der Waals surface area contributed by atoms with Gasteiger partial charge in [-0.3, -0.25) is 4.79 Å². The Labute approximate surface area is 187 Å². The van der Waals surface area contributed by atoms with Gasteiger partial charge < -0.3 is 19.3 Å². The molecule has 1 aromatic rings.